The molecule has 0 aliphatic carbocycles. The van der Waals surface area contributed by atoms with Gasteiger partial charge in [-0.15, -0.1) is 0 Å². The number of nitrogens with two attached hydrogens (primary N) is 2. The van der Waals surface area contributed by atoms with Crippen LogP contribution in [0.1, 0.15) is 17.4 Å². The number of aryl methyl sites for hydroxylation is 1. The fourth-order valence-corrected chi connectivity index (χ4v) is 2.20. The number of nitrogens with zero attached hydrogens (tertiary/aromatic N) is 3. The number of rotatable bonds is 3. The Morgan fingerprint density at radius 2 is 2.16 bits per heavy atom. The van der Waals surface area contributed by atoms with Crippen LogP contribution >= 0.6 is 0 Å². The molecule has 1 atom stereocenters. The molecule has 0 fully saturated rings. The van der Waals surface area contributed by atoms with E-state index in [4.69, 9.17) is 11.5 Å². The fraction of sp³-hybridized carbons (Fsp3) is 0.231. The number of H-pyrrole nitrogens is 1. The van der Waals surface area contributed by atoms with Crippen LogP contribution in [0, 0.1) is 0 Å². The highest BCUT2D eigenvalue weighted by atomic mass is 15.4. The predicted octanol–water partition coefficient (Wildman–Crippen LogP) is 1.12. The number of anilines is 1. The highest BCUT2D eigenvalue weighted by Gasteiger charge is 2.15. The maximum Gasteiger partial charge on any atom is 0.218 e. The second kappa shape index (κ2) is 4.40. The lowest BCUT2D eigenvalue weighted by Crippen LogP contribution is -2.15. The average molecular weight is 256 g/mol. The molecule has 6 nitrogen and oxygen atoms in total. The molecule has 5 N–H and O–H groups in total. The maximum atomic E-state index is 6.15. The summed E-state index contributed by atoms with van der Waals surface area (Å²) in [5.41, 5.74) is 14.1. The summed E-state index contributed by atoms with van der Waals surface area (Å²) in [6, 6.07) is 7.88. The summed E-state index contributed by atoms with van der Waals surface area (Å²) in [4.78, 5) is 7.40. The molecule has 2 aromatic heterocycles. The molecule has 2 heterocycles. The van der Waals surface area contributed by atoms with Crippen molar-refractivity contribution in [3.05, 3.63) is 41.9 Å². The number of hydrogen-bond donors (Lipinski definition) is 3. The summed E-state index contributed by atoms with van der Waals surface area (Å²) in [6.07, 6.45) is 2.66. The molecular formula is C13H16N6. The summed E-state index contributed by atoms with van der Waals surface area (Å²) in [5, 5.41) is 5.40. The minimum Gasteiger partial charge on any atom is -0.368 e. The predicted molar refractivity (Wildman–Crippen MR) is 74.3 cm³/mol. The first kappa shape index (κ1) is 11.7. The molecule has 0 aliphatic rings. The molecule has 0 amide bonds. The van der Waals surface area contributed by atoms with Crippen LogP contribution in [0.25, 0.3) is 10.9 Å². The average Bonchev–Trinajstić information content (AvgIpc) is 2.95. The van der Waals surface area contributed by atoms with Crippen LogP contribution in [0.4, 0.5) is 5.95 Å². The molecule has 19 heavy (non-hydrogen) atoms. The Morgan fingerprint density at radius 1 is 1.37 bits per heavy atom. The Morgan fingerprint density at radius 3 is 2.89 bits per heavy atom. The molecule has 0 radical (unpaired) electrons. The Hall–Kier alpha value is -2.34. The van der Waals surface area contributed by atoms with Gasteiger partial charge in [-0.1, -0.05) is 18.2 Å². The first-order valence-electron chi connectivity index (χ1n) is 6.12. The lowest BCUT2D eigenvalue weighted by Gasteiger charge is -2.06. The van der Waals surface area contributed by atoms with E-state index in [9.17, 15) is 0 Å². The van der Waals surface area contributed by atoms with Crippen LogP contribution in [-0.4, -0.2) is 19.7 Å². The minimum absolute atomic E-state index is 0.261. The summed E-state index contributed by atoms with van der Waals surface area (Å²) >= 11 is 0. The van der Waals surface area contributed by atoms with Gasteiger partial charge in [0.2, 0.25) is 5.95 Å². The molecule has 3 rings (SSSR count). The molecule has 0 saturated carbocycles. The van der Waals surface area contributed by atoms with Crippen molar-refractivity contribution < 1.29 is 0 Å². The largest absolute Gasteiger partial charge is 0.368 e. The van der Waals surface area contributed by atoms with E-state index in [1.807, 2.05) is 24.4 Å². The topological polar surface area (TPSA) is 98.5 Å². The third-order valence-corrected chi connectivity index (χ3v) is 3.26. The van der Waals surface area contributed by atoms with E-state index >= 15 is 0 Å². The first-order chi connectivity index (χ1) is 9.15. The van der Waals surface area contributed by atoms with Gasteiger partial charge in [-0.2, -0.15) is 10.1 Å². The molecule has 3 aromatic rings. The molecule has 0 unspecified atom stereocenters. The number of hydrogen-bond acceptors (Lipinski definition) is 4. The van der Waals surface area contributed by atoms with Crippen LogP contribution in [0.2, 0.25) is 0 Å². The van der Waals surface area contributed by atoms with Crippen molar-refractivity contribution in [3.63, 3.8) is 0 Å². The van der Waals surface area contributed by atoms with E-state index in [1.54, 1.807) is 7.05 Å². The molecule has 6 heteroatoms. The molecule has 0 aliphatic heterocycles. The Labute approximate surface area is 110 Å². The molecule has 98 valence electrons. The second-order valence-corrected chi connectivity index (χ2v) is 4.62. The normalized spacial score (nSPS) is 12.9. The number of benzene rings is 1. The molecule has 0 bridgehead atoms. The molecule has 0 spiro atoms. The van der Waals surface area contributed by atoms with Gasteiger partial charge < -0.3 is 16.5 Å². The number of nitrogens with one attached hydrogen (secondary N) is 1. The summed E-state index contributed by atoms with van der Waals surface area (Å²) in [6.45, 7) is 0. The lowest BCUT2D eigenvalue weighted by molar-refractivity contribution is 0.649. The highest BCUT2D eigenvalue weighted by molar-refractivity contribution is 5.83. The second-order valence-electron chi connectivity index (χ2n) is 4.62. The summed E-state index contributed by atoms with van der Waals surface area (Å²) in [7, 11) is 1.75. The van der Waals surface area contributed by atoms with Crippen molar-refractivity contribution in [1.29, 1.82) is 0 Å². The van der Waals surface area contributed by atoms with Crippen molar-refractivity contribution in [3.8, 4) is 0 Å². The van der Waals surface area contributed by atoms with E-state index in [0.717, 1.165) is 11.1 Å². The Kier molecular flexibility index (Phi) is 2.72. The van der Waals surface area contributed by atoms with Crippen LogP contribution in [0.5, 0.6) is 0 Å². The number of nitrogen functional groups attached to an aromatic ring is 1. The third kappa shape index (κ3) is 2.06. The van der Waals surface area contributed by atoms with Gasteiger partial charge in [-0.05, 0) is 18.1 Å². The number of aromatic amines is 1. The van der Waals surface area contributed by atoms with Crippen LogP contribution < -0.4 is 11.5 Å². The quantitative estimate of drug-likeness (QED) is 0.654. The minimum atomic E-state index is -0.261. The van der Waals surface area contributed by atoms with Crippen LogP contribution in [-0.2, 0) is 13.5 Å². The van der Waals surface area contributed by atoms with Crippen molar-refractivity contribution in [2.24, 2.45) is 12.8 Å². The van der Waals surface area contributed by atoms with Gasteiger partial charge in [0.05, 0.1) is 6.04 Å². The standard InChI is InChI=1S/C13H16N6/c1-19-13(15)17-12(18-19)10(14)6-8-7-16-11-5-3-2-4-9(8)11/h2-5,7,10,16H,6,14H2,1H3,(H2,15,17,18)/t10-/m1/s1. The maximum absolute atomic E-state index is 6.15. The van der Waals surface area contributed by atoms with Crippen LogP contribution in [0.15, 0.2) is 30.5 Å². The van der Waals surface area contributed by atoms with Crippen molar-refractivity contribution in [2.75, 3.05) is 5.73 Å². The van der Waals surface area contributed by atoms with Gasteiger partial charge in [0.1, 0.15) is 0 Å². The summed E-state index contributed by atoms with van der Waals surface area (Å²) < 4.78 is 1.53. The van der Waals surface area contributed by atoms with Gasteiger partial charge >= 0.3 is 0 Å². The van der Waals surface area contributed by atoms with Crippen molar-refractivity contribution in [1.82, 2.24) is 19.7 Å². The lowest BCUT2D eigenvalue weighted by atomic mass is 10.1. The van der Waals surface area contributed by atoms with E-state index < -0.39 is 0 Å². The monoisotopic (exact) mass is 256 g/mol. The smallest absolute Gasteiger partial charge is 0.218 e. The van der Waals surface area contributed by atoms with E-state index in [0.29, 0.717) is 18.2 Å². The Balaban J connectivity index is 1.88. The van der Waals surface area contributed by atoms with Crippen molar-refractivity contribution in [2.45, 2.75) is 12.5 Å². The van der Waals surface area contributed by atoms with E-state index in [1.165, 1.54) is 10.1 Å². The number of para-hydroxylation sites is 1. The van der Waals surface area contributed by atoms with Gasteiger partial charge in [0.15, 0.2) is 5.82 Å². The molecule has 0 saturated heterocycles. The first-order valence-corrected chi connectivity index (χ1v) is 6.12. The zero-order chi connectivity index (χ0) is 13.4. The highest BCUT2D eigenvalue weighted by Crippen LogP contribution is 2.22. The molecule has 1 aromatic carbocycles. The number of aromatic nitrogens is 4. The van der Waals surface area contributed by atoms with Crippen LogP contribution in [0.3, 0.4) is 0 Å². The van der Waals surface area contributed by atoms with E-state index in [-0.39, 0.29) is 6.04 Å². The Bertz CT molecular complexity index is 691. The van der Waals surface area contributed by atoms with E-state index in [2.05, 4.69) is 21.1 Å². The van der Waals surface area contributed by atoms with Gasteiger partial charge in [-0.3, -0.25) is 0 Å². The molecular weight excluding hydrogens is 240 g/mol. The summed E-state index contributed by atoms with van der Waals surface area (Å²) in [5.74, 6) is 0.953. The van der Waals surface area contributed by atoms with Gasteiger partial charge in [0.25, 0.3) is 0 Å². The SMILES string of the molecule is Cn1nc([C@H](N)Cc2c[nH]c3ccccc23)nc1N. The van der Waals surface area contributed by atoms with Crippen molar-refractivity contribution >= 4 is 16.9 Å². The number of fused-ring (bicyclic) bond motifs is 1. The fourth-order valence-electron chi connectivity index (χ4n) is 2.20. The van der Waals surface area contributed by atoms with Gasteiger partial charge in [-0.25, -0.2) is 4.68 Å². The zero-order valence-corrected chi connectivity index (χ0v) is 10.7. The third-order valence-electron chi connectivity index (χ3n) is 3.26. The van der Waals surface area contributed by atoms with Gasteiger partial charge in [0, 0.05) is 24.1 Å². The zero-order valence-electron chi connectivity index (χ0n) is 10.7.